The predicted octanol–water partition coefficient (Wildman–Crippen LogP) is 3.35. The van der Waals surface area contributed by atoms with Gasteiger partial charge in [0.25, 0.3) is 0 Å². The van der Waals surface area contributed by atoms with Crippen LogP contribution in [0.15, 0.2) is 41.0 Å². The van der Waals surface area contributed by atoms with Crippen molar-refractivity contribution in [1.29, 1.82) is 0 Å². The van der Waals surface area contributed by atoms with Gasteiger partial charge in [-0.1, -0.05) is 34.1 Å². The van der Waals surface area contributed by atoms with Crippen LogP contribution >= 0.6 is 15.9 Å². The van der Waals surface area contributed by atoms with Gasteiger partial charge in [-0.25, -0.2) is 4.98 Å². The lowest BCUT2D eigenvalue weighted by Crippen LogP contribution is -2.05. The highest BCUT2D eigenvalue weighted by Gasteiger charge is 2.03. The van der Waals surface area contributed by atoms with Crippen LogP contribution in [0.2, 0.25) is 0 Å². The SMILES string of the molecule is Cc1ccnc(NCc2ccccc2Br)c1N. The Kier molecular flexibility index (Phi) is 3.64. The molecular weight excluding hydrogens is 278 g/mol. The molecule has 0 bridgehead atoms. The van der Waals surface area contributed by atoms with E-state index in [4.69, 9.17) is 5.73 Å². The molecule has 0 atom stereocenters. The third-order valence-electron chi connectivity index (χ3n) is 2.61. The number of rotatable bonds is 3. The minimum atomic E-state index is 0.697. The zero-order valence-corrected chi connectivity index (χ0v) is 11.2. The highest BCUT2D eigenvalue weighted by molar-refractivity contribution is 9.10. The summed E-state index contributed by atoms with van der Waals surface area (Å²) in [5.41, 5.74) is 8.87. The Balaban J connectivity index is 2.13. The number of aryl methyl sites for hydroxylation is 1. The fourth-order valence-electron chi connectivity index (χ4n) is 1.53. The molecule has 1 heterocycles. The quantitative estimate of drug-likeness (QED) is 0.912. The third-order valence-corrected chi connectivity index (χ3v) is 3.39. The van der Waals surface area contributed by atoms with Crippen LogP contribution in [0.25, 0.3) is 0 Å². The van der Waals surface area contributed by atoms with Crippen molar-refractivity contribution in [1.82, 2.24) is 4.98 Å². The summed E-state index contributed by atoms with van der Waals surface area (Å²) in [4.78, 5) is 4.23. The van der Waals surface area contributed by atoms with Crippen LogP contribution in [0.3, 0.4) is 0 Å². The van der Waals surface area contributed by atoms with Crippen molar-refractivity contribution in [3.05, 3.63) is 52.1 Å². The maximum Gasteiger partial charge on any atom is 0.149 e. The van der Waals surface area contributed by atoms with Gasteiger partial charge in [0.15, 0.2) is 0 Å². The number of nitrogens with two attached hydrogens (primary N) is 1. The topological polar surface area (TPSA) is 50.9 Å². The molecule has 0 radical (unpaired) electrons. The molecule has 3 nitrogen and oxygen atoms in total. The largest absolute Gasteiger partial charge is 0.396 e. The van der Waals surface area contributed by atoms with Crippen molar-refractivity contribution in [2.24, 2.45) is 0 Å². The van der Waals surface area contributed by atoms with Gasteiger partial charge in [0.05, 0.1) is 5.69 Å². The first kappa shape index (κ1) is 11.9. The number of pyridine rings is 1. The smallest absolute Gasteiger partial charge is 0.149 e. The number of benzene rings is 1. The molecule has 0 saturated carbocycles. The molecule has 0 unspecified atom stereocenters. The standard InChI is InChI=1S/C13H14BrN3/c1-9-6-7-16-13(12(9)15)17-8-10-4-2-3-5-11(10)14/h2-7H,8,15H2,1H3,(H,16,17). The first-order chi connectivity index (χ1) is 8.18. The van der Waals surface area contributed by atoms with Crippen LogP contribution in [0, 0.1) is 6.92 Å². The van der Waals surface area contributed by atoms with Gasteiger partial charge in [0.2, 0.25) is 0 Å². The second-order valence-electron chi connectivity index (χ2n) is 3.84. The molecule has 0 aliphatic heterocycles. The normalized spacial score (nSPS) is 10.2. The van der Waals surface area contributed by atoms with Crippen molar-refractivity contribution in [2.45, 2.75) is 13.5 Å². The highest BCUT2D eigenvalue weighted by Crippen LogP contribution is 2.21. The summed E-state index contributed by atoms with van der Waals surface area (Å²) in [5, 5.41) is 3.24. The Labute approximate surface area is 109 Å². The van der Waals surface area contributed by atoms with E-state index >= 15 is 0 Å². The zero-order chi connectivity index (χ0) is 12.3. The monoisotopic (exact) mass is 291 g/mol. The van der Waals surface area contributed by atoms with Crippen molar-refractivity contribution < 1.29 is 0 Å². The molecule has 0 amide bonds. The molecule has 2 rings (SSSR count). The number of hydrogen-bond acceptors (Lipinski definition) is 3. The minimum absolute atomic E-state index is 0.697. The van der Waals surface area contributed by atoms with Gasteiger partial charge < -0.3 is 11.1 Å². The molecular formula is C13H14BrN3. The highest BCUT2D eigenvalue weighted by atomic mass is 79.9. The van der Waals surface area contributed by atoms with E-state index in [1.54, 1.807) is 6.20 Å². The lowest BCUT2D eigenvalue weighted by atomic mass is 10.2. The van der Waals surface area contributed by atoms with Crippen molar-refractivity contribution in [2.75, 3.05) is 11.1 Å². The molecule has 0 saturated heterocycles. The van der Waals surface area contributed by atoms with E-state index in [0.29, 0.717) is 12.2 Å². The van der Waals surface area contributed by atoms with Crippen LogP contribution in [0.1, 0.15) is 11.1 Å². The average Bonchev–Trinajstić information content (AvgIpc) is 2.33. The molecule has 3 N–H and O–H groups in total. The van der Waals surface area contributed by atoms with E-state index in [0.717, 1.165) is 15.9 Å². The number of anilines is 2. The van der Waals surface area contributed by atoms with Gasteiger partial charge in [-0.15, -0.1) is 0 Å². The average molecular weight is 292 g/mol. The fourth-order valence-corrected chi connectivity index (χ4v) is 1.96. The fraction of sp³-hybridized carbons (Fsp3) is 0.154. The van der Waals surface area contributed by atoms with Crippen LogP contribution in [-0.4, -0.2) is 4.98 Å². The van der Waals surface area contributed by atoms with E-state index in [-0.39, 0.29) is 0 Å². The van der Waals surface area contributed by atoms with E-state index < -0.39 is 0 Å². The molecule has 2 aromatic rings. The second kappa shape index (κ2) is 5.19. The molecule has 0 spiro atoms. The number of hydrogen-bond donors (Lipinski definition) is 2. The van der Waals surface area contributed by atoms with Crippen LogP contribution < -0.4 is 11.1 Å². The van der Waals surface area contributed by atoms with Gasteiger partial charge in [0, 0.05) is 17.2 Å². The number of halogens is 1. The summed E-state index contributed by atoms with van der Waals surface area (Å²) < 4.78 is 1.08. The molecule has 17 heavy (non-hydrogen) atoms. The van der Waals surface area contributed by atoms with Crippen molar-refractivity contribution in [3.8, 4) is 0 Å². The van der Waals surface area contributed by atoms with Crippen LogP contribution in [0.5, 0.6) is 0 Å². The van der Waals surface area contributed by atoms with Gasteiger partial charge in [-0.05, 0) is 30.2 Å². The molecule has 1 aromatic carbocycles. The number of nitrogen functional groups attached to an aromatic ring is 1. The number of nitrogens with one attached hydrogen (secondary N) is 1. The first-order valence-corrected chi connectivity index (χ1v) is 6.16. The number of aromatic nitrogens is 1. The molecule has 4 heteroatoms. The Hall–Kier alpha value is -1.55. The van der Waals surface area contributed by atoms with Crippen LogP contribution in [-0.2, 0) is 6.54 Å². The zero-order valence-electron chi connectivity index (χ0n) is 9.57. The predicted molar refractivity (Wildman–Crippen MR) is 74.9 cm³/mol. The Morgan fingerprint density at radius 1 is 1.29 bits per heavy atom. The second-order valence-corrected chi connectivity index (χ2v) is 4.69. The summed E-state index contributed by atoms with van der Waals surface area (Å²) in [6.45, 7) is 2.67. The summed E-state index contributed by atoms with van der Waals surface area (Å²) in [5.74, 6) is 0.737. The Morgan fingerprint density at radius 3 is 2.82 bits per heavy atom. The Bertz CT molecular complexity index is 526. The maximum atomic E-state index is 5.95. The lowest BCUT2D eigenvalue weighted by molar-refractivity contribution is 1.10. The third kappa shape index (κ3) is 2.77. The van der Waals surface area contributed by atoms with E-state index in [2.05, 4.69) is 32.3 Å². The minimum Gasteiger partial charge on any atom is -0.396 e. The Morgan fingerprint density at radius 2 is 2.06 bits per heavy atom. The van der Waals surface area contributed by atoms with Crippen molar-refractivity contribution >= 4 is 27.4 Å². The molecule has 1 aromatic heterocycles. The summed E-state index contributed by atoms with van der Waals surface area (Å²) >= 11 is 3.51. The molecule has 88 valence electrons. The van der Waals surface area contributed by atoms with E-state index in [1.165, 1.54) is 5.56 Å². The molecule has 0 aliphatic carbocycles. The first-order valence-electron chi connectivity index (χ1n) is 5.37. The summed E-state index contributed by atoms with van der Waals surface area (Å²) in [7, 11) is 0. The van der Waals surface area contributed by atoms with Crippen LogP contribution in [0.4, 0.5) is 11.5 Å². The van der Waals surface area contributed by atoms with Crippen molar-refractivity contribution in [3.63, 3.8) is 0 Å². The van der Waals surface area contributed by atoms with Gasteiger partial charge in [-0.2, -0.15) is 0 Å². The lowest BCUT2D eigenvalue weighted by Gasteiger charge is -2.10. The number of nitrogens with zero attached hydrogens (tertiary/aromatic N) is 1. The van der Waals surface area contributed by atoms with E-state index in [1.807, 2.05) is 31.2 Å². The van der Waals surface area contributed by atoms with Gasteiger partial charge >= 0.3 is 0 Å². The maximum absolute atomic E-state index is 5.95. The molecule has 0 aliphatic rings. The summed E-state index contributed by atoms with van der Waals surface area (Å²) in [6.07, 6.45) is 1.76. The molecule has 0 fully saturated rings. The van der Waals surface area contributed by atoms with E-state index in [9.17, 15) is 0 Å². The van der Waals surface area contributed by atoms with Gasteiger partial charge in [0.1, 0.15) is 5.82 Å². The summed E-state index contributed by atoms with van der Waals surface area (Å²) in [6, 6.07) is 9.98. The van der Waals surface area contributed by atoms with Gasteiger partial charge in [-0.3, -0.25) is 0 Å².